The van der Waals surface area contributed by atoms with E-state index in [9.17, 15) is 18.0 Å². The van der Waals surface area contributed by atoms with Gasteiger partial charge in [-0.3, -0.25) is 9.59 Å². The molecule has 38 heavy (non-hydrogen) atoms. The molecule has 2 heterocycles. The third kappa shape index (κ3) is 6.93. The largest absolute Gasteiger partial charge is 0.459 e. The van der Waals surface area contributed by atoms with E-state index in [0.717, 1.165) is 4.47 Å². The minimum Gasteiger partial charge on any atom is -0.459 e. The van der Waals surface area contributed by atoms with E-state index in [0.29, 0.717) is 22.6 Å². The van der Waals surface area contributed by atoms with Gasteiger partial charge in [0.2, 0.25) is 5.95 Å². The summed E-state index contributed by atoms with van der Waals surface area (Å²) in [5.41, 5.74) is 2.18. The Morgan fingerprint density at radius 3 is 2.21 bits per heavy atom. The van der Waals surface area contributed by atoms with E-state index < -0.39 is 21.8 Å². The molecule has 0 saturated carbocycles. The van der Waals surface area contributed by atoms with Gasteiger partial charge >= 0.3 is 0 Å². The zero-order valence-corrected chi connectivity index (χ0v) is 22.6. The first-order chi connectivity index (χ1) is 18.1. The van der Waals surface area contributed by atoms with Gasteiger partial charge in [-0.05, 0) is 80.1 Å². The third-order valence-corrected chi connectivity index (χ3v) is 6.92. The van der Waals surface area contributed by atoms with E-state index in [1.54, 1.807) is 50.2 Å². The number of nitrogens with one attached hydrogen (secondary N) is 3. The number of carbonyl (C=O) groups excluding carboxylic acids is 2. The molecule has 2 aromatic carbocycles. The standard InChI is InChI=1S/C26H22BrN5O5S/c1-16-14-17(2)29-26(28-16)32-38(35,36)21-11-9-20(10-12-21)30-24(33)22(15-18-5-7-19(27)8-6-18)31-25(34)23-4-3-13-37-23/h3-15H,1-2H3,(H,30,33)(H,31,34)(H,28,29,32)/b22-15-. The van der Waals surface area contributed by atoms with Crippen LogP contribution >= 0.6 is 15.9 Å². The lowest BCUT2D eigenvalue weighted by atomic mass is 10.2. The molecular formula is C26H22BrN5O5S. The molecule has 10 nitrogen and oxygen atoms in total. The third-order valence-electron chi connectivity index (χ3n) is 5.05. The number of aryl methyl sites for hydroxylation is 2. The first-order valence-corrected chi connectivity index (χ1v) is 13.5. The maximum Gasteiger partial charge on any atom is 0.291 e. The molecule has 3 N–H and O–H groups in total. The van der Waals surface area contributed by atoms with Crippen molar-refractivity contribution < 1.29 is 22.4 Å². The second-order valence-corrected chi connectivity index (χ2v) is 10.7. The Morgan fingerprint density at radius 1 is 0.947 bits per heavy atom. The number of sulfonamides is 1. The molecule has 194 valence electrons. The van der Waals surface area contributed by atoms with E-state index in [1.165, 1.54) is 42.7 Å². The van der Waals surface area contributed by atoms with Crippen LogP contribution in [0.25, 0.3) is 6.08 Å². The van der Waals surface area contributed by atoms with Gasteiger partial charge in [0.15, 0.2) is 5.76 Å². The Kier molecular flexibility index (Phi) is 8.03. The van der Waals surface area contributed by atoms with E-state index in [1.807, 2.05) is 0 Å². The average Bonchev–Trinajstić information content (AvgIpc) is 3.40. The summed E-state index contributed by atoms with van der Waals surface area (Å²) in [5, 5.41) is 5.23. The number of amides is 2. The highest BCUT2D eigenvalue weighted by molar-refractivity contribution is 9.10. The van der Waals surface area contributed by atoms with Gasteiger partial charge in [0, 0.05) is 21.5 Å². The molecule has 4 rings (SSSR count). The number of hydrogen-bond acceptors (Lipinski definition) is 7. The van der Waals surface area contributed by atoms with Crippen LogP contribution in [0, 0.1) is 13.8 Å². The molecule has 12 heteroatoms. The van der Waals surface area contributed by atoms with Crippen LogP contribution in [0.4, 0.5) is 11.6 Å². The highest BCUT2D eigenvalue weighted by Crippen LogP contribution is 2.19. The van der Waals surface area contributed by atoms with Crippen molar-refractivity contribution in [1.82, 2.24) is 15.3 Å². The molecule has 0 aliphatic heterocycles. The predicted molar refractivity (Wildman–Crippen MR) is 146 cm³/mol. The average molecular weight is 596 g/mol. The van der Waals surface area contributed by atoms with E-state index >= 15 is 0 Å². The fourth-order valence-electron chi connectivity index (χ4n) is 3.34. The van der Waals surface area contributed by atoms with Crippen molar-refractivity contribution in [2.75, 3.05) is 10.0 Å². The first kappa shape index (κ1) is 26.8. The number of benzene rings is 2. The zero-order valence-electron chi connectivity index (χ0n) is 20.2. The second-order valence-electron chi connectivity index (χ2n) is 8.10. The fourth-order valence-corrected chi connectivity index (χ4v) is 4.55. The summed E-state index contributed by atoms with van der Waals surface area (Å²) in [7, 11) is -3.96. The Bertz CT molecular complexity index is 1580. The molecule has 0 saturated heterocycles. The lowest BCUT2D eigenvalue weighted by Gasteiger charge is -2.12. The number of anilines is 2. The summed E-state index contributed by atoms with van der Waals surface area (Å²) in [6.45, 7) is 3.47. The van der Waals surface area contributed by atoms with Gasteiger partial charge in [-0.15, -0.1) is 0 Å². The summed E-state index contributed by atoms with van der Waals surface area (Å²) >= 11 is 3.36. The molecule has 2 amide bonds. The molecule has 0 atom stereocenters. The molecule has 0 radical (unpaired) electrons. The minimum atomic E-state index is -3.96. The van der Waals surface area contributed by atoms with Gasteiger partial charge < -0.3 is 15.1 Å². The smallest absolute Gasteiger partial charge is 0.291 e. The summed E-state index contributed by atoms with van der Waals surface area (Å²) in [6, 6.07) is 17.4. The van der Waals surface area contributed by atoms with Crippen molar-refractivity contribution in [3.05, 3.63) is 106 Å². The Hall–Kier alpha value is -4.29. The zero-order chi connectivity index (χ0) is 27.3. The van der Waals surface area contributed by atoms with Crippen molar-refractivity contribution in [2.24, 2.45) is 0 Å². The number of rotatable bonds is 8. The lowest BCUT2D eigenvalue weighted by molar-refractivity contribution is -0.113. The van der Waals surface area contributed by atoms with Crippen LogP contribution in [-0.2, 0) is 14.8 Å². The van der Waals surface area contributed by atoms with Crippen LogP contribution in [0.1, 0.15) is 27.5 Å². The normalized spacial score (nSPS) is 11.6. The Balaban J connectivity index is 1.52. The summed E-state index contributed by atoms with van der Waals surface area (Å²) < 4.78 is 33.9. The first-order valence-electron chi connectivity index (χ1n) is 11.2. The van der Waals surface area contributed by atoms with Gasteiger partial charge in [-0.2, -0.15) is 0 Å². The lowest BCUT2D eigenvalue weighted by Crippen LogP contribution is -2.30. The van der Waals surface area contributed by atoms with E-state index in [-0.39, 0.29) is 22.3 Å². The summed E-state index contributed by atoms with van der Waals surface area (Å²) in [5.74, 6) is -1.22. The molecule has 0 fully saturated rings. The number of carbonyl (C=O) groups is 2. The van der Waals surface area contributed by atoms with Gasteiger partial charge in [-0.1, -0.05) is 28.1 Å². The van der Waals surface area contributed by atoms with Crippen LogP contribution in [0.15, 0.2) is 92.5 Å². The second kappa shape index (κ2) is 11.4. The van der Waals surface area contributed by atoms with Gasteiger partial charge in [0.25, 0.3) is 21.8 Å². The maximum atomic E-state index is 13.1. The number of furan rings is 1. The number of aromatic nitrogens is 2. The fraction of sp³-hybridized carbons (Fsp3) is 0.0769. The monoisotopic (exact) mass is 595 g/mol. The topological polar surface area (TPSA) is 143 Å². The molecule has 4 aromatic rings. The van der Waals surface area contributed by atoms with Crippen LogP contribution in [0.3, 0.4) is 0 Å². The molecular weight excluding hydrogens is 574 g/mol. The highest BCUT2D eigenvalue weighted by atomic mass is 79.9. The SMILES string of the molecule is Cc1cc(C)nc(NS(=O)(=O)c2ccc(NC(=O)/C(=C/c3ccc(Br)cc3)NC(=O)c3ccco3)cc2)n1. The van der Waals surface area contributed by atoms with Gasteiger partial charge in [-0.25, -0.2) is 23.1 Å². The molecule has 0 aliphatic carbocycles. The Morgan fingerprint density at radius 2 is 1.61 bits per heavy atom. The summed E-state index contributed by atoms with van der Waals surface area (Å²) in [6.07, 6.45) is 2.86. The number of halogens is 1. The van der Waals surface area contributed by atoms with Crippen LogP contribution in [0.5, 0.6) is 0 Å². The van der Waals surface area contributed by atoms with Crippen molar-refractivity contribution in [3.8, 4) is 0 Å². The van der Waals surface area contributed by atoms with Crippen molar-refractivity contribution in [3.63, 3.8) is 0 Å². The van der Waals surface area contributed by atoms with E-state index in [4.69, 9.17) is 4.42 Å². The molecule has 2 aromatic heterocycles. The van der Waals surface area contributed by atoms with Gasteiger partial charge in [0.05, 0.1) is 11.2 Å². The minimum absolute atomic E-state index is 0.0325. The Labute approximate surface area is 227 Å². The molecule has 0 aliphatic rings. The molecule has 0 unspecified atom stereocenters. The maximum absolute atomic E-state index is 13.1. The number of hydrogen-bond donors (Lipinski definition) is 3. The predicted octanol–water partition coefficient (Wildman–Crippen LogP) is 4.66. The van der Waals surface area contributed by atoms with Gasteiger partial charge in [0.1, 0.15) is 5.70 Å². The molecule has 0 spiro atoms. The van der Waals surface area contributed by atoms with Crippen molar-refractivity contribution >= 4 is 55.5 Å². The van der Waals surface area contributed by atoms with Crippen LogP contribution in [-0.4, -0.2) is 30.2 Å². The quantitative estimate of drug-likeness (QED) is 0.251. The number of nitrogens with zero attached hydrogens (tertiary/aromatic N) is 2. The van der Waals surface area contributed by atoms with Crippen LogP contribution in [0.2, 0.25) is 0 Å². The molecule has 0 bridgehead atoms. The van der Waals surface area contributed by atoms with Crippen LogP contribution < -0.4 is 15.4 Å². The highest BCUT2D eigenvalue weighted by Gasteiger charge is 2.19. The van der Waals surface area contributed by atoms with Crippen molar-refractivity contribution in [2.45, 2.75) is 18.7 Å². The van der Waals surface area contributed by atoms with Crippen molar-refractivity contribution in [1.29, 1.82) is 0 Å². The summed E-state index contributed by atoms with van der Waals surface area (Å²) in [4.78, 5) is 33.8. The van der Waals surface area contributed by atoms with E-state index in [2.05, 4.69) is 41.3 Å².